The lowest BCUT2D eigenvalue weighted by Gasteiger charge is -2.38. The first-order valence-corrected chi connectivity index (χ1v) is 9.16. The van der Waals surface area contributed by atoms with Gasteiger partial charge in [-0.15, -0.1) is 0 Å². The molecule has 0 saturated carbocycles. The van der Waals surface area contributed by atoms with Crippen LogP contribution >= 0.6 is 0 Å². The summed E-state index contributed by atoms with van der Waals surface area (Å²) in [6.45, 7) is 10.0. The van der Waals surface area contributed by atoms with Gasteiger partial charge in [-0.05, 0) is 51.2 Å². The minimum absolute atomic E-state index is 0.393. The van der Waals surface area contributed by atoms with E-state index in [2.05, 4.69) is 29.1 Å². The van der Waals surface area contributed by atoms with Crippen LogP contribution in [0.3, 0.4) is 0 Å². The summed E-state index contributed by atoms with van der Waals surface area (Å²) in [6.07, 6.45) is 6.11. The van der Waals surface area contributed by atoms with Gasteiger partial charge < -0.3 is 9.80 Å². The molecule has 0 bridgehead atoms. The number of hydrogen-bond donors (Lipinski definition) is 0. The first-order valence-electron chi connectivity index (χ1n) is 9.16. The quantitative estimate of drug-likeness (QED) is 0.769. The van der Waals surface area contributed by atoms with Gasteiger partial charge in [0.15, 0.2) is 0 Å². The Balaban J connectivity index is 1.76. The maximum absolute atomic E-state index is 12.8. The average molecular weight is 351 g/mol. The Morgan fingerprint density at radius 3 is 2.46 bits per heavy atom. The van der Waals surface area contributed by atoms with Crippen LogP contribution in [0.15, 0.2) is 24.4 Å². The van der Waals surface area contributed by atoms with Crippen LogP contribution in [0.1, 0.15) is 42.3 Å². The second-order valence-electron chi connectivity index (χ2n) is 8.03. The summed E-state index contributed by atoms with van der Waals surface area (Å²) < 4.78 is 0. The van der Waals surface area contributed by atoms with Crippen LogP contribution in [0.4, 0.5) is 5.69 Å². The molecule has 0 unspecified atom stereocenters. The van der Waals surface area contributed by atoms with Gasteiger partial charge in [0.2, 0.25) is 0 Å². The molecule has 1 amide bonds. The van der Waals surface area contributed by atoms with Crippen molar-refractivity contribution < 1.29 is 9.59 Å². The molecule has 1 aromatic rings. The van der Waals surface area contributed by atoms with Crippen molar-refractivity contribution in [3.8, 4) is 0 Å². The van der Waals surface area contributed by atoms with Crippen molar-refractivity contribution in [2.24, 2.45) is 0 Å². The Bertz CT molecular complexity index is 858. The van der Waals surface area contributed by atoms with Gasteiger partial charge in [-0.3, -0.25) is 14.5 Å². The summed E-state index contributed by atoms with van der Waals surface area (Å²) >= 11 is 0. The molecule has 0 aromatic heterocycles. The summed E-state index contributed by atoms with van der Waals surface area (Å²) in [5, 5.41) is 0. The molecule has 26 heavy (non-hydrogen) atoms. The van der Waals surface area contributed by atoms with Gasteiger partial charge in [-0.25, -0.2) is 0 Å². The number of rotatable bonds is 2. The number of carbonyl (C=O) groups is 2. The number of likely N-dealkylation sites (N-methyl/N-ethyl adjacent to an activating group) is 1. The fourth-order valence-electron chi connectivity index (χ4n) is 4.22. The van der Waals surface area contributed by atoms with Crippen LogP contribution in [-0.4, -0.2) is 60.3 Å². The predicted molar refractivity (Wildman–Crippen MR) is 104 cm³/mol. The lowest BCUT2D eigenvalue weighted by atomic mass is 9.88. The van der Waals surface area contributed by atoms with Crippen LogP contribution in [-0.2, 0) is 4.79 Å². The van der Waals surface area contributed by atoms with Crippen molar-refractivity contribution in [2.45, 2.75) is 26.3 Å². The third-order valence-electron chi connectivity index (χ3n) is 5.63. The van der Waals surface area contributed by atoms with Gasteiger partial charge in [-0.2, -0.15) is 0 Å². The number of benzene rings is 1. The van der Waals surface area contributed by atoms with E-state index < -0.39 is 17.2 Å². The Morgan fingerprint density at radius 1 is 1.08 bits per heavy atom. The Labute approximate surface area is 154 Å². The Hall–Kier alpha value is -2.40. The molecule has 1 saturated heterocycles. The number of amides is 1. The highest BCUT2D eigenvalue weighted by molar-refractivity contribution is 6.53. The number of carbonyl (C=O) groups excluding carboxylic acids is 2. The van der Waals surface area contributed by atoms with Crippen molar-refractivity contribution in [3.63, 3.8) is 0 Å². The molecule has 0 aliphatic carbocycles. The van der Waals surface area contributed by atoms with Crippen LogP contribution < -0.4 is 4.90 Å². The molecular formula is C21H25N3O2. The monoisotopic (exact) mass is 351 g/mol. The van der Waals surface area contributed by atoms with Crippen molar-refractivity contribution >= 4 is 29.0 Å². The molecule has 3 aliphatic heterocycles. The zero-order valence-electron chi connectivity index (χ0n) is 15.9. The molecule has 0 N–H and O–H groups in total. The summed E-state index contributed by atoms with van der Waals surface area (Å²) in [4.78, 5) is 31.7. The molecule has 1 aromatic carbocycles. The smallest absolute Gasteiger partial charge is 0.300 e. The number of Topliss-reactive ketones (excluding diaryl/α,β-unsaturated/α-hetero) is 1. The second kappa shape index (κ2) is 5.81. The molecule has 5 nitrogen and oxygen atoms in total. The topological polar surface area (TPSA) is 43.9 Å². The van der Waals surface area contributed by atoms with E-state index in [0.717, 1.165) is 48.6 Å². The molecule has 5 heteroatoms. The van der Waals surface area contributed by atoms with Gasteiger partial charge in [0.25, 0.3) is 11.7 Å². The van der Waals surface area contributed by atoms with Crippen LogP contribution in [0.25, 0.3) is 11.6 Å². The first kappa shape index (κ1) is 17.0. The lowest BCUT2D eigenvalue weighted by Crippen LogP contribution is -2.47. The van der Waals surface area contributed by atoms with E-state index in [9.17, 15) is 9.59 Å². The summed E-state index contributed by atoms with van der Waals surface area (Å²) in [6, 6.07) is 3.99. The van der Waals surface area contributed by atoms with Gasteiger partial charge in [0.05, 0.1) is 16.8 Å². The van der Waals surface area contributed by atoms with E-state index >= 15 is 0 Å². The van der Waals surface area contributed by atoms with Crippen molar-refractivity contribution in [1.29, 1.82) is 0 Å². The summed E-state index contributed by atoms with van der Waals surface area (Å²) in [5.41, 5.74) is 3.77. The van der Waals surface area contributed by atoms with Crippen molar-refractivity contribution in [3.05, 3.63) is 41.1 Å². The average Bonchev–Trinajstić information content (AvgIpc) is 2.86. The molecular weight excluding hydrogens is 326 g/mol. The fraction of sp³-hybridized carbons (Fsp3) is 0.429. The number of ketones is 1. The third kappa shape index (κ3) is 2.50. The lowest BCUT2D eigenvalue weighted by molar-refractivity contribution is -0.115. The number of anilines is 1. The minimum Gasteiger partial charge on any atom is -0.375 e. The number of allylic oxidation sites excluding steroid dienone is 1. The van der Waals surface area contributed by atoms with E-state index in [1.54, 1.807) is 4.90 Å². The molecule has 4 rings (SSSR count). The molecule has 1 fully saturated rings. The summed E-state index contributed by atoms with van der Waals surface area (Å²) in [7, 11) is 2.13. The molecule has 0 spiro atoms. The van der Waals surface area contributed by atoms with E-state index in [-0.39, 0.29) is 0 Å². The molecule has 0 radical (unpaired) electrons. The largest absolute Gasteiger partial charge is 0.375 e. The van der Waals surface area contributed by atoms with Crippen LogP contribution in [0, 0.1) is 0 Å². The number of piperazine rings is 1. The molecule has 3 aliphatic rings. The van der Waals surface area contributed by atoms with Crippen molar-refractivity contribution in [2.75, 3.05) is 38.1 Å². The predicted octanol–water partition coefficient (Wildman–Crippen LogP) is 2.63. The fourth-order valence-corrected chi connectivity index (χ4v) is 4.22. The maximum Gasteiger partial charge on any atom is 0.300 e. The highest BCUT2D eigenvalue weighted by atomic mass is 16.2. The van der Waals surface area contributed by atoms with Gasteiger partial charge in [-0.1, -0.05) is 18.2 Å². The summed E-state index contributed by atoms with van der Waals surface area (Å²) in [5.74, 6) is -0.813. The second-order valence-corrected chi connectivity index (χ2v) is 8.03. The SMILES string of the molecule is CC1=CC(C)(C)N2C(=O)C(=O)c3c(C=CN4CCN(C)CC4)ccc1c32. The van der Waals surface area contributed by atoms with Gasteiger partial charge >= 0.3 is 0 Å². The van der Waals surface area contributed by atoms with Crippen LogP contribution in [0.2, 0.25) is 0 Å². The third-order valence-corrected chi connectivity index (χ3v) is 5.63. The standard InChI is InChI=1S/C21H25N3O2/c1-14-13-21(2,3)24-18-16(14)6-5-15(17(18)19(25)20(24)26)7-8-23-11-9-22(4)10-12-23/h5-8,13H,9-12H2,1-4H3. The number of hydrogen-bond acceptors (Lipinski definition) is 4. The zero-order valence-corrected chi connectivity index (χ0v) is 15.9. The zero-order chi connectivity index (χ0) is 18.6. The Kier molecular flexibility index (Phi) is 3.81. The number of nitrogens with zero attached hydrogens (tertiary/aromatic N) is 3. The van der Waals surface area contributed by atoms with Crippen LogP contribution in [0.5, 0.6) is 0 Å². The highest BCUT2D eigenvalue weighted by Gasteiger charge is 2.47. The van der Waals surface area contributed by atoms with Gasteiger partial charge in [0.1, 0.15) is 0 Å². The highest BCUT2D eigenvalue weighted by Crippen LogP contribution is 2.46. The van der Waals surface area contributed by atoms with E-state index in [1.165, 1.54) is 0 Å². The van der Waals surface area contributed by atoms with E-state index in [1.807, 2.05) is 39.0 Å². The van der Waals surface area contributed by atoms with Crippen molar-refractivity contribution in [1.82, 2.24) is 9.80 Å². The maximum atomic E-state index is 12.8. The van der Waals surface area contributed by atoms with E-state index in [0.29, 0.717) is 5.56 Å². The van der Waals surface area contributed by atoms with Gasteiger partial charge in [0, 0.05) is 31.7 Å². The molecule has 136 valence electrons. The van der Waals surface area contributed by atoms with E-state index in [4.69, 9.17) is 0 Å². The first-order chi connectivity index (χ1) is 12.3. The normalized spacial score (nSPS) is 22.2. The minimum atomic E-state index is -0.491. The molecule has 0 atom stereocenters. The molecule has 3 heterocycles. The Morgan fingerprint density at radius 2 is 1.77 bits per heavy atom.